The Morgan fingerprint density at radius 2 is 2.00 bits per heavy atom. The van der Waals surface area contributed by atoms with Gasteiger partial charge in [-0.3, -0.25) is 4.79 Å². The molecular formula is C5H6F3NO2. The fourth-order valence-electron chi connectivity index (χ4n) is 0.345. The van der Waals surface area contributed by atoms with Gasteiger partial charge in [0.15, 0.2) is 0 Å². The van der Waals surface area contributed by atoms with Crippen molar-refractivity contribution in [2.24, 2.45) is 0 Å². The molecule has 0 spiro atoms. The number of hydrogen-bond donors (Lipinski definition) is 1. The fraction of sp³-hybridized carbons (Fsp3) is 0.600. The highest BCUT2D eigenvalue weighted by atomic mass is 19.4. The van der Waals surface area contributed by atoms with Gasteiger partial charge in [-0.2, -0.15) is 13.2 Å². The van der Waals surface area contributed by atoms with Gasteiger partial charge in [0.25, 0.3) is 0 Å². The smallest absolute Gasteiger partial charge is 0.348 e. The Morgan fingerprint density at radius 1 is 1.45 bits per heavy atom. The zero-order valence-electron chi connectivity index (χ0n) is 5.44. The molecule has 0 aliphatic heterocycles. The molecular weight excluding hydrogens is 166 g/mol. The monoisotopic (exact) mass is 172 g/mol. The van der Waals surface area contributed by atoms with E-state index in [2.05, 4.69) is 0 Å². The quantitative estimate of drug-likeness (QED) is 0.377. The molecule has 0 aliphatic rings. The molecule has 0 saturated heterocycles. The van der Waals surface area contributed by atoms with Gasteiger partial charge in [0.2, 0.25) is 0 Å². The molecule has 0 fully saturated rings. The van der Waals surface area contributed by atoms with Crippen LogP contribution in [-0.4, -0.2) is 24.9 Å². The molecule has 0 bridgehead atoms. The number of hydrogen-bond acceptors (Lipinski definition) is 2. The number of carbonyl (C=O) groups is 2. The lowest BCUT2D eigenvalue weighted by Gasteiger charge is -2.04. The van der Waals surface area contributed by atoms with Crippen molar-refractivity contribution in [2.45, 2.75) is 12.6 Å². The Labute approximate surface area is 60.6 Å². The van der Waals surface area contributed by atoms with E-state index >= 15 is 0 Å². The summed E-state index contributed by atoms with van der Waals surface area (Å²) in [5.41, 5.74) is 0. The molecule has 0 aromatic carbocycles. The Bertz CT molecular complexity index is 154. The van der Waals surface area contributed by atoms with Gasteiger partial charge in [-0.05, 0) is 0 Å². The van der Waals surface area contributed by atoms with Crippen molar-refractivity contribution in [1.82, 2.24) is 5.32 Å². The van der Waals surface area contributed by atoms with E-state index in [0.717, 1.165) is 0 Å². The van der Waals surface area contributed by atoms with Crippen molar-refractivity contribution in [2.75, 3.05) is 6.54 Å². The SMILES string of the molecule is O=[13CH][13CH2][13CH2]NC(=O)C(F)(F)F. The van der Waals surface area contributed by atoms with E-state index in [9.17, 15) is 22.8 Å². The van der Waals surface area contributed by atoms with Gasteiger partial charge in [0, 0.05) is 13.0 Å². The summed E-state index contributed by atoms with van der Waals surface area (Å²) in [5.74, 6) is -2.01. The van der Waals surface area contributed by atoms with Gasteiger partial charge in [-0.1, -0.05) is 0 Å². The molecule has 3 nitrogen and oxygen atoms in total. The minimum absolute atomic E-state index is 0.109. The second kappa shape index (κ2) is 3.95. The Hall–Kier alpha value is -1.07. The van der Waals surface area contributed by atoms with Gasteiger partial charge < -0.3 is 10.1 Å². The molecule has 0 radical (unpaired) electrons. The van der Waals surface area contributed by atoms with Crippen molar-refractivity contribution in [3.8, 4) is 0 Å². The predicted molar refractivity (Wildman–Crippen MR) is 29.7 cm³/mol. The molecule has 64 valence electrons. The van der Waals surface area contributed by atoms with E-state index in [1.807, 2.05) is 0 Å². The average molecular weight is 172 g/mol. The number of nitrogens with one attached hydrogen (secondary N) is 1. The van der Waals surface area contributed by atoms with E-state index in [4.69, 9.17) is 0 Å². The normalized spacial score (nSPS) is 10.8. The van der Waals surface area contributed by atoms with E-state index in [0.29, 0.717) is 6.29 Å². The number of alkyl halides is 3. The number of halogens is 3. The molecule has 0 aromatic rings. The lowest BCUT2D eigenvalue weighted by molar-refractivity contribution is -0.173. The minimum Gasteiger partial charge on any atom is -0.348 e. The summed E-state index contributed by atoms with van der Waals surface area (Å²) in [6.07, 6.45) is -4.54. The molecule has 6 heteroatoms. The molecule has 11 heavy (non-hydrogen) atoms. The third-order valence-electron chi connectivity index (χ3n) is 0.805. The van der Waals surface area contributed by atoms with Crippen molar-refractivity contribution in [3.63, 3.8) is 0 Å². The highest BCUT2D eigenvalue weighted by Gasteiger charge is 2.37. The van der Waals surface area contributed by atoms with Crippen LogP contribution in [0.4, 0.5) is 13.2 Å². The zero-order chi connectivity index (χ0) is 8.91. The second-order valence-corrected chi connectivity index (χ2v) is 1.71. The summed E-state index contributed by atoms with van der Waals surface area (Å²) >= 11 is 0. The Morgan fingerprint density at radius 3 is 2.36 bits per heavy atom. The maximum Gasteiger partial charge on any atom is 0.471 e. The number of amides is 1. The number of rotatable bonds is 3. The van der Waals surface area contributed by atoms with Crippen LogP contribution in [0.3, 0.4) is 0 Å². The highest BCUT2D eigenvalue weighted by molar-refractivity contribution is 5.81. The van der Waals surface area contributed by atoms with Gasteiger partial charge in [-0.25, -0.2) is 0 Å². The van der Waals surface area contributed by atoms with Gasteiger partial charge in [-0.15, -0.1) is 0 Å². The summed E-state index contributed by atoms with van der Waals surface area (Å²) < 4.78 is 34.1. The molecule has 0 aliphatic carbocycles. The van der Waals surface area contributed by atoms with Crippen LogP contribution in [-0.2, 0) is 9.59 Å². The van der Waals surface area contributed by atoms with E-state index in [1.54, 1.807) is 0 Å². The summed E-state index contributed by atoms with van der Waals surface area (Å²) in [6, 6.07) is 0. The third kappa shape index (κ3) is 4.35. The fourth-order valence-corrected chi connectivity index (χ4v) is 0.345. The largest absolute Gasteiger partial charge is 0.471 e. The zero-order valence-corrected chi connectivity index (χ0v) is 5.44. The van der Waals surface area contributed by atoms with E-state index in [-0.39, 0.29) is 13.0 Å². The van der Waals surface area contributed by atoms with Gasteiger partial charge in [0.1, 0.15) is 6.29 Å². The van der Waals surface area contributed by atoms with Crippen molar-refractivity contribution < 1.29 is 22.8 Å². The first-order valence-corrected chi connectivity index (χ1v) is 2.77. The molecule has 0 atom stereocenters. The predicted octanol–water partition coefficient (Wildman–Crippen LogP) is 0.254. The third-order valence-corrected chi connectivity index (χ3v) is 0.805. The van der Waals surface area contributed by atoms with Crippen LogP contribution in [0.25, 0.3) is 0 Å². The van der Waals surface area contributed by atoms with Gasteiger partial charge in [0.05, 0.1) is 0 Å². The molecule has 0 aromatic heterocycles. The number of aldehydes is 1. The summed E-state index contributed by atoms with van der Waals surface area (Å²) in [4.78, 5) is 19.6. The minimum atomic E-state index is -4.86. The second-order valence-electron chi connectivity index (χ2n) is 1.71. The van der Waals surface area contributed by atoms with Crippen molar-refractivity contribution in [3.05, 3.63) is 0 Å². The molecule has 0 rings (SSSR count). The summed E-state index contributed by atoms with van der Waals surface area (Å²) in [7, 11) is 0. The maximum atomic E-state index is 11.4. The lowest BCUT2D eigenvalue weighted by atomic mass is 10.6. The number of carbonyl (C=O) groups excluding carboxylic acids is 2. The maximum absolute atomic E-state index is 11.4. The van der Waals surface area contributed by atoms with Crippen LogP contribution >= 0.6 is 0 Å². The highest BCUT2D eigenvalue weighted by Crippen LogP contribution is 2.13. The Kier molecular flexibility index (Phi) is 3.56. The van der Waals surface area contributed by atoms with Crippen LogP contribution < -0.4 is 5.32 Å². The molecule has 0 unspecified atom stereocenters. The molecule has 1 amide bonds. The summed E-state index contributed by atoms with van der Waals surface area (Å²) in [6.45, 7) is -0.276. The topological polar surface area (TPSA) is 46.2 Å². The molecule has 1 N–H and O–H groups in total. The van der Waals surface area contributed by atoms with Crippen LogP contribution in [0.15, 0.2) is 0 Å². The van der Waals surface area contributed by atoms with Crippen molar-refractivity contribution in [1.29, 1.82) is 0 Å². The first kappa shape index (κ1) is 9.93. The molecule has 0 saturated carbocycles. The Balaban J connectivity index is 3.62. The van der Waals surface area contributed by atoms with E-state index < -0.39 is 12.1 Å². The first-order valence-electron chi connectivity index (χ1n) is 2.77. The molecule has 0 heterocycles. The van der Waals surface area contributed by atoms with Crippen molar-refractivity contribution >= 4 is 12.2 Å². The van der Waals surface area contributed by atoms with Crippen LogP contribution in [0.2, 0.25) is 0 Å². The van der Waals surface area contributed by atoms with Crippen LogP contribution in [0.1, 0.15) is 6.42 Å². The van der Waals surface area contributed by atoms with Crippen LogP contribution in [0.5, 0.6) is 0 Å². The standard InChI is InChI=1S/C5H6F3NO2/c6-5(7,8)4(11)9-2-1-3-10/h3H,1-2H2,(H,9,11)/i1+1,2+1,3+1. The van der Waals surface area contributed by atoms with Gasteiger partial charge >= 0.3 is 12.1 Å². The first-order chi connectivity index (χ1) is 4.98. The lowest BCUT2D eigenvalue weighted by Crippen LogP contribution is -2.37. The van der Waals surface area contributed by atoms with Crippen LogP contribution in [0, 0.1) is 0 Å². The van der Waals surface area contributed by atoms with E-state index in [1.165, 1.54) is 5.32 Å². The summed E-state index contributed by atoms with van der Waals surface area (Å²) in [5, 5.41) is 1.53. The average Bonchev–Trinajstić information content (AvgIpc) is 1.86.